The molecule has 0 radical (unpaired) electrons. The van der Waals surface area contributed by atoms with Crippen molar-refractivity contribution in [2.45, 2.75) is 32.7 Å². The Morgan fingerprint density at radius 3 is 2.68 bits per heavy atom. The number of carboxylic acids is 1. The number of carbonyl (C=O) groups is 1. The zero-order valence-corrected chi connectivity index (χ0v) is 11.3. The lowest BCUT2D eigenvalue weighted by Crippen LogP contribution is -2.42. The van der Waals surface area contributed by atoms with E-state index < -0.39 is 5.97 Å². The number of anilines is 1. The van der Waals surface area contributed by atoms with Crippen LogP contribution in [0.1, 0.15) is 32.3 Å². The van der Waals surface area contributed by atoms with Crippen molar-refractivity contribution < 1.29 is 9.90 Å². The Morgan fingerprint density at radius 1 is 1.37 bits per heavy atom. The summed E-state index contributed by atoms with van der Waals surface area (Å²) < 4.78 is 0. The van der Waals surface area contributed by atoms with Crippen molar-refractivity contribution in [3.63, 3.8) is 0 Å². The van der Waals surface area contributed by atoms with E-state index >= 15 is 0 Å². The molecule has 0 aliphatic carbocycles. The lowest BCUT2D eigenvalue weighted by atomic mass is 9.95. The van der Waals surface area contributed by atoms with Crippen molar-refractivity contribution >= 4 is 18.0 Å². The summed E-state index contributed by atoms with van der Waals surface area (Å²) in [6.07, 6.45) is 8.31. The molecular weight excluding hydrogens is 242 g/mol. The van der Waals surface area contributed by atoms with Gasteiger partial charge in [-0.15, -0.1) is 0 Å². The molecule has 102 valence electrons. The second kappa shape index (κ2) is 5.82. The fourth-order valence-electron chi connectivity index (χ4n) is 2.30. The monoisotopic (exact) mass is 261 g/mol. The van der Waals surface area contributed by atoms with Gasteiger partial charge in [0, 0.05) is 36.6 Å². The first-order valence-corrected chi connectivity index (χ1v) is 6.56. The standard InChI is InChI=1S/C14H19N3O2/c1-10-3-4-11(2)17(9-10)14-15-7-12(8-16-14)5-6-13(18)19/h5-8,10-11H,3-4,9H2,1-2H3,(H,18,19)/b6-5+. The molecular formula is C14H19N3O2. The third-order valence-corrected chi connectivity index (χ3v) is 3.45. The summed E-state index contributed by atoms with van der Waals surface area (Å²) in [6, 6.07) is 0.455. The van der Waals surface area contributed by atoms with Gasteiger partial charge in [-0.1, -0.05) is 6.92 Å². The Hall–Kier alpha value is -1.91. The largest absolute Gasteiger partial charge is 0.478 e. The maximum absolute atomic E-state index is 10.4. The number of piperidine rings is 1. The van der Waals surface area contributed by atoms with Gasteiger partial charge < -0.3 is 10.0 Å². The molecule has 1 aromatic heterocycles. The quantitative estimate of drug-likeness (QED) is 0.845. The van der Waals surface area contributed by atoms with E-state index in [-0.39, 0.29) is 0 Å². The second-order valence-electron chi connectivity index (χ2n) is 5.17. The molecule has 19 heavy (non-hydrogen) atoms. The van der Waals surface area contributed by atoms with E-state index in [9.17, 15) is 4.79 Å². The number of aromatic nitrogens is 2. The highest BCUT2D eigenvalue weighted by atomic mass is 16.4. The fourth-order valence-corrected chi connectivity index (χ4v) is 2.30. The maximum Gasteiger partial charge on any atom is 0.328 e. The Bertz CT molecular complexity index is 470. The second-order valence-corrected chi connectivity index (χ2v) is 5.17. The van der Waals surface area contributed by atoms with Crippen LogP contribution >= 0.6 is 0 Å². The van der Waals surface area contributed by atoms with Crippen LogP contribution in [-0.4, -0.2) is 33.6 Å². The molecule has 0 saturated carbocycles. The topological polar surface area (TPSA) is 66.3 Å². The molecule has 0 bridgehead atoms. The third-order valence-electron chi connectivity index (χ3n) is 3.45. The van der Waals surface area contributed by atoms with Crippen molar-refractivity contribution in [1.82, 2.24) is 9.97 Å². The Labute approximate surface area is 113 Å². The molecule has 1 aliphatic heterocycles. The van der Waals surface area contributed by atoms with Gasteiger partial charge >= 0.3 is 5.97 Å². The van der Waals surface area contributed by atoms with E-state index in [1.807, 2.05) is 0 Å². The van der Waals surface area contributed by atoms with Crippen LogP contribution in [0.15, 0.2) is 18.5 Å². The highest BCUT2D eigenvalue weighted by Crippen LogP contribution is 2.24. The first-order chi connectivity index (χ1) is 9.06. The number of carboxylic acid groups (broad SMARTS) is 1. The summed E-state index contributed by atoms with van der Waals surface area (Å²) in [5.41, 5.74) is 0.698. The predicted molar refractivity (Wildman–Crippen MR) is 73.9 cm³/mol. The number of hydrogen-bond donors (Lipinski definition) is 1. The van der Waals surface area contributed by atoms with Crippen LogP contribution in [-0.2, 0) is 4.79 Å². The van der Waals surface area contributed by atoms with Gasteiger partial charge in [-0.2, -0.15) is 0 Å². The normalized spacial score (nSPS) is 23.8. The van der Waals surface area contributed by atoms with Crippen molar-refractivity contribution in [1.29, 1.82) is 0 Å². The molecule has 5 heteroatoms. The van der Waals surface area contributed by atoms with Gasteiger partial charge in [-0.05, 0) is 31.8 Å². The fraction of sp³-hybridized carbons (Fsp3) is 0.500. The lowest BCUT2D eigenvalue weighted by molar-refractivity contribution is -0.131. The number of hydrogen-bond acceptors (Lipinski definition) is 4. The number of aliphatic carboxylic acids is 1. The van der Waals surface area contributed by atoms with Crippen molar-refractivity contribution in [2.75, 3.05) is 11.4 Å². The third kappa shape index (κ3) is 3.53. The first kappa shape index (κ1) is 13.5. The number of rotatable bonds is 3. The van der Waals surface area contributed by atoms with Gasteiger partial charge in [-0.3, -0.25) is 0 Å². The van der Waals surface area contributed by atoms with Crippen LogP contribution in [0.25, 0.3) is 6.08 Å². The molecule has 2 unspecified atom stereocenters. The van der Waals surface area contributed by atoms with E-state index in [2.05, 4.69) is 28.7 Å². The molecule has 2 rings (SSSR count). The molecule has 5 nitrogen and oxygen atoms in total. The average molecular weight is 261 g/mol. The summed E-state index contributed by atoms with van der Waals surface area (Å²) in [4.78, 5) is 21.3. The maximum atomic E-state index is 10.4. The van der Waals surface area contributed by atoms with Gasteiger partial charge in [0.1, 0.15) is 0 Å². The van der Waals surface area contributed by atoms with Crippen LogP contribution in [0.4, 0.5) is 5.95 Å². The minimum Gasteiger partial charge on any atom is -0.478 e. The van der Waals surface area contributed by atoms with Crippen molar-refractivity contribution in [3.05, 3.63) is 24.0 Å². The Kier molecular flexibility index (Phi) is 4.14. The van der Waals surface area contributed by atoms with Gasteiger partial charge in [0.2, 0.25) is 5.95 Å². The summed E-state index contributed by atoms with van der Waals surface area (Å²) >= 11 is 0. The van der Waals surface area contributed by atoms with Crippen LogP contribution in [0.2, 0.25) is 0 Å². The van der Waals surface area contributed by atoms with E-state index in [4.69, 9.17) is 5.11 Å². The summed E-state index contributed by atoms with van der Waals surface area (Å²) in [7, 11) is 0. The van der Waals surface area contributed by atoms with E-state index in [1.165, 1.54) is 12.5 Å². The van der Waals surface area contributed by atoms with E-state index in [1.54, 1.807) is 12.4 Å². The zero-order valence-electron chi connectivity index (χ0n) is 11.3. The van der Waals surface area contributed by atoms with Crippen LogP contribution in [0.5, 0.6) is 0 Å². The molecule has 1 fully saturated rings. The van der Waals surface area contributed by atoms with Gasteiger partial charge in [0.15, 0.2) is 0 Å². The van der Waals surface area contributed by atoms with E-state index in [0.29, 0.717) is 17.5 Å². The first-order valence-electron chi connectivity index (χ1n) is 6.56. The summed E-state index contributed by atoms with van der Waals surface area (Å²) in [6.45, 7) is 5.40. The smallest absolute Gasteiger partial charge is 0.328 e. The van der Waals surface area contributed by atoms with Crippen LogP contribution in [0, 0.1) is 5.92 Å². The van der Waals surface area contributed by atoms with Crippen molar-refractivity contribution in [2.24, 2.45) is 5.92 Å². The molecule has 1 N–H and O–H groups in total. The molecule has 2 heterocycles. The molecule has 0 spiro atoms. The van der Waals surface area contributed by atoms with Gasteiger partial charge in [-0.25, -0.2) is 14.8 Å². The highest BCUT2D eigenvalue weighted by Gasteiger charge is 2.24. The molecule has 1 saturated heterocycles. The predicted octanol–water partition coefficient (Wildman–Crippen LogP) is 2.20. The summed E-state index contributed by atoms with van der Waals surface area (Å²) in [5, 5.41) is 8.56. The SMILES string of the molecule is CC1CCC(C)N(c2ncc(/C=C/C(=O)O)cn2)C1. The van der Waals surface area contributed by atoms with Gasteiger partial charge in [0.25, 0.3) is 0 Å². The molecule has 1 aromatic rings. The minimum atomic E-state index is -0.970. The molecule has 2 atom stereocenters. The van der Waals surface area contributed by atoms with Crippen LogP contribution < -0.4 is 4.90 Å². The Balaban J connectivity index is 2.11. The molecule has 1 aliphatic rings. The summed E-state index contributed by atoms with van der Waals surface area (Å²) in [5.74, 6) is 0.417. The Morgan fingerprint density at radius 2 is 2.05 bits per heavy atom. The van der Waals surface area contributed by atoms with E-state index in [0.717, 1.165) is 25.0 Å². The molecule has 0 aromatic carbocycles. The van der Waals surface area contributed by atoms with Gasteiger partial charge in [0.05, 0.1) is 0 Å². The molecule has 0 amide bonds. The lowest BCUT2D eigenvalue weighted by Gasteiger charge is -2.36. The zero-order chi connectivity index (χ0) is 13.8. The average Bonchev–Trinajstić information content (AvgIpc) is 2.40. The number of nitrogens with zero attached hydrogens (tertiary/aromatic N) is 3. The minimum absolute atomic E-state index is 0.455. The van der Waals surface area contributed by atoms with Crippen molar-refractivity contribution in [3.8, 4) is 0 Å². The van der Waals surface area contributed by atoms with Crippen LogP contribution in [0.3, 0.4) is 0 Å². The highest BCUT2D eigenvalue weighted by molar-refractivity contribution is 5.85.